The van der Waals surface area contributed by atoms with Gasteiger partial charge in [0.15, 0.2) is 0 Å². The molecule has 27 heavy (non-hydrogen) atoms. The van der Waals surface area contributed by atoms with Crippen LogP contribution in [0.5, 0.6) is 0 Å². The number of nitrogens with one attached hydrogen (secondary N) is 1. The summed E-state index contributed by atoms with van der Waals surface area (Å²) in [6, 6.07) is 6.97. The number of amides is 1. The molecule has 0 aliphatic carbocycles. The van der Waals surface area contributed by atoms with Crippen molar-refractivity contribution in [2.24, 2.45) is 0 Å². The zero-order chi connectivity index (χ0) is 18.9. The molecule has 0 unspecified atom stereocenters. The van der Waals surface area contributed by atoms with Crippen molar-refractivity contribution >= 4 is 24.0 Å². The minimum Gasteiger partial charge on any atom is -0.399 e. The van der Waals surface area contributed by atoms with Crippen molar-refractivity contribution in [1.82, 2.24) is 5.32 Å². The van der Waals surface area contributed by atoms with Crippen molar-refractivity contribution in [1.29, 1.82) is 0 Å². The van der Waals surface area contributed by atoms with Crippen LogP contribution >= 0.6 is 12.4 Å². The molecule has 0 fully saturated rings. The van der Waals surface area contributed by atoms with Gasteiger partial charge in [0.2, 0.25) is 0 Å². The summed E-state index contributed by atoms with van der Waals surface area (Å²) in [5, 5.41) is 2.90. The van der Waals surface area contributed by atoms with Gasteiger partial charge in [-0.25, -0.2) is 0 Å². The molecule has 1 aromatic carbocycles. The number of carbonyl (C=O) groups excluding carboxylic acids is 1. The first-order valence-corrected chi connectivity index (χ1v) is 10.5. The lowest BCUT2D eigenvalue weighted by Gasteiger charge is -2.07. The number of carbonyl (C=O) groups is 1. The Balaban J connectivity index is 0.00000676. The van der Waals surface area contributed by atoms with E-state index < -0.39 is 0 Å². The Kier molecular flexibility index (Phi) is 17.3. The Morgan fingerprint density at radius 2 is 1.37 bits per heavy atom. The maximum atomic E-state index is 11.9. The monoisotopic (exact) mass is 398 g/mol. The van der Waals surface area contributed by atoms with E-state index in [-0.39, 0.29) is 18.3 Å². The molecule has 0 aromatic heterocycles. The van der Waals surface area contributed by atoms with Crippen LogP contribution in [-0.2, 0) is 4.74 Å². The summed E-state index contributed by atoms with van der Waals surface area (Å²) in [4.78, 5) is 11.9. The molecule has 0 atom stereocenters. The number of hydrogen-bond donors (Lipinski definition) is 2. The molecule has 1 aromatic rings. The third-order valence-electron chi connectivity index (χ3n) is 4.57. The predicted octanol–water partition coefficient (Wildman–Crippen LogP) is 5.75. The molecule has 0 aliphatic heterocycles. The molecule has 156 valence electrons. The van der Waals surface area contributed by atoms with Crippen LogP contribution in [0.15, 0.2) is 24.3 Å². The lowest BCUT2D eigenvalue weighted by Crippen LogP contribution is -2.25. The van der Waals surface area contributed by atoms with Crippen LogP contribution in [0.25, 0.3) is 0 Å². The van der Waals surface area contributed by atoms with Gasteiger partial charge in [-0.3, -0.25) is 4.79 Å². The Hall–Kier alpha value is -1.26. The first-order chi connectivity index (χ1) is 12.7. The molecule has 0 bridgehead atoms. The molecule has 0 aliphatic rings. The molecule has 5 heteroatoms. The Labute approximate surface area is 172 Å². The second kappa shape index (κ2) is 18.1. The Bertz CT molecular complexity index is 466. The second-order valence-electron chi connectivity index (χ2n) is 7.03. The average molecular weight is 399 g/mol. The molecule has 0 saturated heterocycles. The molecule has 3 N–H and O–H groups in total. The van der Waals surface area contributed by atoms with Crippen LogP contribution in [0.2, 0.25) is 0 Å². The molecular formula is C22H39ClN2O2. The minimum absolute atomic E-state index is 0. The van der Waals surface area contributed by atoms with Gasteiger partial charge in [0.25, 0.3) is 5.91 Å². The van der Waals surface area contributed by atoms with Crippen molar-refractivity contribution in [3.05, 3.63) is 29.8 Å². The van der Waals surface area contributed by atoms with Crippen LogP contribution in [0.4, 0.5) is 5.69 Å². The van der Waals surface area contributed by atoms with Gasteiger partial charge < -0.3 is 15.8 Å². The van der Waals surface area contributed by atoms with Crippen LogP contribution < -0.4 is 11.1 Å². The Morgan fingerprint density at radius 1 is 0.852 bits per heavy atom. The van der Waals surface area contributed by atoms with E-state index in [4.69, 9.17) is 10.5 Å². The van der Waals surface area contributed by atoms with E-state index in [0.29, 0.717) is 24.4 Å². The summed E-state index contributed by atoms with van der Waals surface area (Å²) >= 11 is 0. The first kappa shape index (κ1) is 25.7. The van der Waals surface area contributed by atoms with Crippen molar-refractivity contribution < 1.29 is 9.53 Å². The van der Waals surface area contributed by atoms with E-state index in [0.717, 1.165) is 19.4 Å². The minimum atomic E-state index is -0.0558. The van der Waals surface area contributed by atoms with Crippen LogP contribution in [0.3, 0.4) is 0 Å². The average Bonchev–Trinajstić information content (AvgIpc) is 2.65. The SMILES string of the molecule is CCCCCCCCCCCCOCCCNC(=O)c1ccc(N)cc1.Cl. The van der Waals surface area contributed by atoms with Gasteiger partial charge in [0.1, 0.15) is 0 Å². The lowest BCUT2D eigenvalue weighted by molar-refractivity contribution is 0.0940. The fourth-order valence-corrected chi connectivity index (χ4v) is 2.91. The van der Waals surface area contributed by atoms with E-state index in [1.165, 1.54) is 57.8 Å². The van der Waals surface area contributed by atoms with Gasteiger partial charge >= 0.3 is 0 Å². The maximum absolute atomic E-state index is 11.9. The molecule has 1 rings (SSSR count). The third kappa shape index (κ3) is 14.5. The van der Waals surface area contributed by atoms with Crippen molar-refractivity contribution in [2.45, 2.75) is 77.6 Å². The number of anilines is 1. The quantitative estimate of drug-likeness (QED) is 0.275. The highest BCUT2D eigenvalue weighted by Gasteiger charge is 2.03. The summed E-state index contributed by atoms with van der Waals surface area (Å²) in [6.45, 7) is 4.45. The normalized spacial score (nSPS) is 10.4. The largest absolute Gasteiger partial charge is 0.399 e. The number of unbranched alkanes of at least 4 members (excludes halogenated alkanes) is 9. The number of halogens is 1. The van der Waals surface area contributed by atoms with Crippen LogP contribution in [0.1, 0.15) is 87.9 Å². The number of rotatable bonds is 16. The number of nitrogen functional groups attached to an aromatic ring is 1. The highest BCUT2D eigenvalue weighted by atomic mass is 35.5. The second-order valence-corrected chi connectivity index (χ2v) is 7.03. The molecule has 0 spiro atoms. The smallest absolute Gasteiger partial charge is 0.251 e. The van der Waals surface area contributed by atoms with E-state index in [1.807, 2.05) is 0 Å². The van der Waals surface area contributed by atoms with E-state index in [9.17, 15) is 4.79 Å². The zero-order valence-electron chi connectivity index (χ0n) is 17.0. The number of ether oxygens (including phenoxy) is 1. The van der Waals surface area contributed by atoms with Crippen LogP contribution in [-0.4, -0.2) is 25.7 Å². The molecule has 0 heterocycles. The first-order valence-electron chi connectivity index (χ1n) is 10.5. The summed E-state index contributed by atoms with van der Waals surface area (Å²) < 4.78 is 5.64. The van der Waals surface area contributed by atoms with Crippen LogP contribution in [0, 0.1) is 0 Å². The van der Waals surface area contributed by atoms with E-state index >= 15 is 0 Å². The standard InChI is InChI=1S/C22H38N2O2.ClH/c1-2-3-4-5-6-7-8-9-10-11-18-26-19-12-17-24-22(25)20-13-15-21(23)16-14-20;/h13-16H,2-12,17-19,23H2,1H3,(H,24,25);1H. The van der Waals surface area contributed by atoms with Gasteiger partial charge in [0, 0.05) is 31.0 Å². The zero-order valence-corrected chi connectivity index (χ0v) is 17.8. The number of nitrogens with two attached hydrogens (primary N) is 1. The van der Waals surface area contributed by atoms with E-state index in [2.05, 4.69) is 12.2 Å². The summed E-state index contributed by atoms with van der Waals surface area (Å²) in [5.74, 6) is -0.0558. The summed E-state index contributed by atoms with van der Waals surface area (Å²) in [7, 11) is 0. The molecule has 1 amide bonds. The highest BCUT2D eigenvalue weighted by Crippen LogP contribution is 2.10. The van der Waals surface area contributed by atoms with Gasteiger partial charge in [-0.2, -0.15) is 0 Å². The molecule has 0 radical (unpaired) electrons. The number of benzene rings is 1. The predicted molar refractivity (Wildman–Crippen MR) is 118 cm³/mol. The van der Waals surface area contributed by atoms with E-state index in [1.54, 1.807) is 24.3 Å². The van der Waals surface area contributed by atoms with Gasteiger partial charge in [-0.05, 0) is 37.1 Å². The Morgan fingerprint density at radius 3 is 1.96 bits per heavy atom. The van der Waals surface area contributed by atoms with Crippen molar-refractivity contribution in [3.63, 3.8) is 0 Å². The summed E-state index contributed by atoms with van der Waals surface area (Å²) in [5.41, 5.74) is 6.93. The lowest BCUT2D eigenvalue weighted by atomic mass is 10.1. The maximum Gasteiger partial charge on any atom is 0.251 e. The third-order valence-corrected chi connectivity index (χ3v) is 4.57. The molecular weight excluding hydrogens is 360 g/mol. The van der Waals surface area contributed by atoms with Gasteiger partial charge in [-0.1, -0.05) is 64.7 Å². The molecule has 4 nitrogen and oxygen atoms in total. The van der Waals surface area contributed by atoms with Crippen molar-refractivity contribution in [3.8, 4) is 0 Å². The molecule has 0 saturated carbocycles. The number of hydrogen-bond acceptors (Lipinski definition) is 3. The summed E-state index contributed by atoms with van der Waals surface area (Å²) in [6.07, 6.45) is 14.3. The fourth-order valence-electron chi connectivity index (χ4n) is 2.91. The van der Waals surface area contributed by atoms with Gasteiger partial charge in [-0.15, -0.1) is 12.4 Å². The topological polar surface area (TPSA) is 64.3 Å². The van der Waals surface area contributed by atoms with Gasteiger partial charge in [0.05, 0.1) is 0 Å². The van der Waals surface area contributed by atoms with Crippen molar-refractivity contribution in [2.75, 3.05) is 25.5 Å². The fraction of sp³-hybridized carbons (Fsp3) is 0.682. The highest BCUT2D eigenvalue weighted by molar-refractivity contribution is 5.94.